The molecule has 0 radical (unpaired) electrons. The Bertz CT molecular complexity index is 1630. The summed E-state index contributed by atoms with van der Waals surface area (Å²) in [6.07, 6.45) is 12.9. The summed E-state index contributed by atoms with van der Waals surface area (Å²) >= 11 is 0. The van der Waals surface area contributed by atoms with Crippen LogP contribution in [0.3, 0.4) is 0 Å². The monoisotopic (exact) mass is 670 g/mol. The molecule has 3 heterocycles. The summed E-state index contributed by atoms with van der Waals surface area (Å²) in [7, 11) is 1.73. The second-order valence-corrected chi connectivity index (χ2v) is 15.1. The number of aliphatic hydroxyl groups excluding tert-OH is 1. The number of fused-ring (bicyclic) bond motifs is 3. The lowest BCUT2D eigenvalue weighted by molar-refractivity contribution is -0.124. The van der Waals surface area contributed by atoms with E-state index < -0.39 is 0 Å². The largest absolute Gasteiger partial charge is 0.496 e. The van der Waals surface area contributed by atoms with Gasteiger partial charge in [0.15, 0.2) is 5.89 Å². The van der Waals surface area contributed by atoms with E-state index in [-0.39, 0.29) is 47.4 Å². The van der Waals surface area contributed by atoms with Crippen molar-refractivity contribution >= 4 is 17.8 Å². The average Bonchev–Trinajstić information content (AvgIpc) is 3.61. The maximum Gasteiger partial charge on any atom is 0.410 e. The molecular formula is C39H50N4O6. The molecule has 2 amide bonds. The van der Waals surface area contributed by atoms with Crippen molar-refractivity contribution in [2.24, 2.45) is 17.3 Å². The number of oxazole rings is 1. The first-order valence-corrected chi connectivity index (χ1v) is 18.2. The van der Waals surface area contributed by atoms with Gasteiger partial charge in [0.2, 0.25) is 5.91 Å². The third-order valence-electron chi connectivity index (χ3n) is 12.1. The molecule has 8 rings (SSSR count). The van der Waals surface area contributed by atoms with Gasteiger partial charge in [-0.15, -0.1) is 0 Å². The number of carbonyl (C=O) groups excluding carboxylic acids is 2. The maximum absolute atomic E-state index is 14.6. The number of pyridine rings is 1. The number of rotatable bonds is 10. The zero-order chi connectivity index (χ0) is 34.2. The molecule has 2 bridgehead atoms. The highest BCUT2D eigenvalue weighted by Crippen LogP contribution is 2.58. The molecule has 49 heavy (non-hydrogen) atoms. The predicted molar refractivity (Wildman–Crippen MR) is 185 cm³/mol. The molecule has 5 aliphatic rings. The van der Waals surface area contributed by atoms with Gasteiger partial charge in [-0.05, 0) is 111 Å². The van der Waals surface area contributed by atoms with Crippen LogP contribution in [-0.4, -0.2) is 71.4 Å². The molecule has 0 spiro atoms. The molecule has 5 fully saturated rings. The molecule has 0 atom stereocenters. The van der Waals surface area contributed by atoms with Crippen LogP contribution in [0.5, 0.6) is 5.75 Å². The molecule has 4 aliphatic carbocycles. The van der Waals surface area contributed by atoms with Crippen LogP contribution in [-0.2, 0) is 21.4 Å². The third kappa shape index (κ3) is 6.68. The fourth-order valence-electron chi connectivity index (χ4n) is 8.78. The van der Waals surface area contributed by atoms with Crippen molar-refractivity contribution in [3.63, 3.8) is 0 Å². The quantitative estimate of drug-likeness (QED) is 0.249. The van der Waals surface area contributed by atoms with E-state index in [9.17, 15) is 14.7 Å². The van der Waals surface area contributed by atoms with E-state index in [0.29, 0.717) is 63.4 Å². The lowest BCUT2D eigenvalue weighted by atomic mass is 9.51. The van der Waals surface area contributed by atoms with Crippen molar-refractivity contribution < 1.29 is 28.6 Å². The minimum atomic E-state index is -0.309. The van der Waals surface area contributed by atoms with Crippen molar-refractivity contribution in [2.75, 3.05) is 38.3 Å². The topological polar surface area (TPSA) is 118 Å². The molecule has 3 aromatic rings. The van der Waals surface area contributed by atoms with Crippen molar-refractivity contribution in [3.8, 4) is 17.0 Å². The number of aromatic nitrogens is 2. The highest BCUT2D eigenvalue weighted by atomic mass is 16.6. The van der Waals surface area contributed by atoms with Gasteiger partial charge >= 0.3 is 6.09 Å². The van der Waals surface area contributed by atoms with Gasteiger partial charge in [-0.25, -0.2) is 14.8 Å². The van der Waals surface area contributed by atoms with Gasteiger partial charge in [-0.3, -0.25) is 9.69 Å². The van der Waals surface area contributed by atoms with E-state index >= 15 is 0 Å². The number of hydrogen-bond donors (Lipinski definition) is 1. The molecule has 1 saturated heterocycles. The Balaban J connectivity index is 1.08. The summed E-state index contributed by atoms with van der Waals surface area (Å²) in [6, 6.07) is 10.6. The molecular weight excluding hydrogens is 620 g/mol. The van der Waals surface area contributed by atoms with Gasteiger partial charge in [0, 0.05) is 56.3 Å². The minimum Gasteiger partial charge on any atom is -0.496 e. The highest BCUT2D eigenvalue weighted by molar-refractivity contribution is 5.95. The Morgan fingerprint density at radius 1 is 1.04 bits per heavy atom. The van der Waals surface area contributed by atoms with E-state index in [4.69, 9.17) is 18.9 Å². The van der Waals surface area contributed by atoms with E-state index in [1.54, 1.807) is 24.5 Å². The Morgan fingerprint density at radius 3 is 2.41 bits per heavy atom. The van der Waals surface area contributed by atoms with Crippen LogP contribution < -0.4 is 9.64 Å². The summed E-state index contributed by atoms with van der Waals surface area (Å²) in [5.74, 6) is 2.37. The van der Waals surface area contributed by atoms with E-state index in [1.165, 1.54) is 11.1 Å². The Hall–Kier alpha value is -3.92. The van der Waals surface area contributed by atoms with Crippen molar-refractivity contribution in [1.82, 2.24) is 14.9 Å². The fraction of sp³-hybridized carbons (Fsp3) is 0.590. The van der Waals surface area contributed by atoms with Crippen molar-refractivity contribution in [3.05, 3.63) is 59.8 Å². The number of anilines is 1. The normalized spacial score (nSPS) is 26.7. The van der Waals surface area contributed by atoms with Crippen molar-refractivity contribution in [2.45, 2.75) is 96.0 Å². The number of likely N-dealkylation sites (tertiary alicyclic amines) is 1. The number of amides is 2. The molecule has 1 N–H and O–H groups in total. The van der Waals surface area contributed by atoms with Crippen LogP contribution in [0.2, 0.25) is 0 Å². The first kappa shape index (κ1) is 33.6. The molecule has 10 heteroatoms. The van der Waals surface area contributed by atoms with Crippen LogP contribution in [0.15, 0.2) is 47.2 Å². The van der Waals surface area contributed by atoms with E-state index in [1.807, 2.05) is 24.0 Å². The number of aliphatic hydroxyl groups is 1. The Morgan fingerprint density at radius 2 is 1.78 bits per heavy atom. The first-order chi connectivity index (χ1) is 23.7. The Kier molecular flexibility index (Phi) is 9.43. The molecule has 4 saturated carbocycles. The number of ether oxygens (including phenoxy) is 2. The van der Waals surface area contributed by atoms with Gasteiger partial charge in [0.05, 0.1) is 7.11 Å². The van der Waals surface area contributed by atoms with Gasteiger partial charge in [0.25, 0.3) is 0 Å². The summed E-state index contributed by atoms with van der Waals surface area (Å²) in [5.41, 5.74) is 4.45. The number of aryl methyl sites for hydroxylation is 2. The molecule has 1 aromatic carbocycles. The molecule has 0 unspecified atom stereocenters. The van der Waals surface area contributed by atoms with Crippen LogP contribution in [0.25, 0.3) is 11.3 Å². The number of benzene rings is 1. The lowest BCUT2D eigenvalue weighted by Gasteiger charge is -2.55. The zero-order valence-electron chi connectivity index (χ0n) is 29.2. The third-order valence-corrected chi connectivity index (χ3v) is 12.1. The van der Waals surface area contributed by atoms with E-state index in [0.717, 1.165) is 55.5 Å². The van der Waals surface area contributed by atoms with Crippen LogP contribution in [0, 0.1) is 24.2 Å². The van der Waals surface area contributed by atoms with Crippen LogP contribution >= 0.6 is 0 Å². The smallest absolute Gasteiger partial charge is 0.410 e. The molecule has 262 valence electrons. The van der Waals surface area contributed by atoms with Gasteiger partial charge in [-0.1, -0.05) is 19.1 Å². The highest BCUT2D eigenvalue weighted by Gasteiger charge is 2.51. The lowest BCUT2D eigenvalue weighted by Crippen LogP contribution is -2.52. The number of methoxy groups -OCH3 is 1. The number of hydrogen-bond acceptors (Lipinski definition) is 8. The first-order valence-electron chi connectivity index (χ1n) is 18.2. The summed E-state index contributed by atoms with van der Waals surface area (Å²) in [6.45, 7) is 5.96. The fourth-order valence-corrected chi connectivity index (χ4v) is 8.78. The van der Waals surface area contributed by atoms with Gasteiger partial charge in [-0.2, -0.15) is 0 Å². The van der Waals surface area contributed by atoms with Crippen LogP contribution in [0.4, 0.5) is 10.6 Å². The van der Waals surface area contributed by atoms with Crippen LogP contribution in [0.1, 0.15) is 88.1 Å². The predicted octanol–water partition coefficient (Wildman–Crippen LogP) is 6.86. The van der Waals surface area contributed by atoms with Gasteiger partial charge in [0.1, 0.15) is 29.6 Å². The van der Waals surface area contributed by atoms with Crippen molar-refractivity contribution in [1.29, 1.82) is 0 Å². The number of carbonyl (C=O) groups is 2. The van der Waals surface area contributed by atoms with E-state index in [2.05, 4.69) is 30.1 Å². The second kappa shape index (κ2) is 13.8. The van der Waals surface area contributed by atoms with Gasteiger partial charge < -0.3 is 23.9 Å². The minimum absolute atomic E-state index is 0.0380. The summed E-state index contributed by atoms with van der Waals surface area (Å²) in [4.78, 5) is 40.2. The average molecular weight is 671 g/mol. The maximum atomic E-state index is 14.6. The molecule has 1 aliphatic heterocycles. The SMILES string of the molecule is CCc1nc(-c2ccnc(N(CC34CCC(c5ccc(OC)c(C)c5)(CC3)CC4)C(=O)[C@H]3CC[C@H](OC(=O)N4CC(CO)C4)CC3)c2)co1. The molecule has 2 aromatic heterocycles. The standard InChI is InChI=1S/C39H50N4O6/c1-4-35-41-32(24-48-35)29-11-18-40-34(20-29)43(36(45)28-5-8-31(9-6-28)49-37(46)42-21-27(22-42)23-44)25-38-12-15-39(16-13-38,17-14-38)30-7-10-33(47-3)26(2)19-30/h7,10-11,18-20,24,27-28,31,44H,4-6,8-9,12-17,21-23,25H2,1-3H3/t28-,31-,38?,39?. The summed E-state index contributed by atoms with van der Waals surface area (Å²) in [5, 5.41) is 9.29. The molecule has 10 nitrogen and oxygen atoms in total. The zero-order valence-corrected chi connectivity index (χ0v) is 29.2. The summed E-state index contributed by atoms with van der Waals surface area (Å²) < 4.78 is 17.0. The second-order valence-electron chi connectivity index (χ2n) is 15.1. The number of nitrogens with zero attached hydrogens (tertiary/aromatic N) is 4. The Labute approximate surface area is 289 Å².